The van der Waals surface area contributed by atoms with Gasteiger partial charge in [0.2, 0.25) is 0 Å². The maximum absolute atomic E-state index is 13.1. The summed E-state index contributed by atoms with van der Waals surface area (Å²) >= 11 is 3.10. The van der Waals surface area contributed by atoms with E-state index in [1.807, 2.05) is 0 Å². The quantitative estimate of drug-likeness (QED) is 0.647. The van der Waals surface area contributed by atoms with Crippen molar-refractivity contribution in [2.24, 2.45) is 0 Å². The summed E-state index contributed by atoms with van der Waals surface area (Å²) in [7, 11) is 1.39. The maximum atomic E-state index is 13.1. The van der Waals surface area contributed by atoms with E-state index in [0.717, 1.165) is 5.56 Å². The molecule has 2 aromatic carbocycles. The highest BCUT2D eigenvalue weighted by Gasteiger charge is 2.14. The van der Waals surface area contributed by atoms with Gasteiger partial charge in [0, 0.05) is 18.3 Å². The lowest BCUT2D eigenvalue weighted by molar-refractivity contribution is -0.385. The van der Waals surface area contributed by atoms with E-state index in [-0.39, 0.29) is 17.3 Å². The average Bonchev–Trinajstić information content (AvgIpc) is 2.48. The number of nitrogens with zero attached hydrogens (tertiary/aromatic N) is 1. The lowest BCUT2D eigenvalue weighted by Gasteiger charge is -2.08. The number of methoxy groups -OCH3 is 1. The van der Waals surface area contributed by atoms with Gasteiger partial charge in [-0.25, -0.2) is 4.39 Å². The van der Waals surface area contributed by atoms with Crippen LogP contribution in [0.25, 0.3) is 0 Å². The summed E-state index contributed by atoms with van der Waals surface area (Å²) in [5, 5.41) is 14.0. The van der Waals surface area contributed by atoms with Crippen molar-refractivity contribution in [3.05, 3.63) is 62.4 Å². The van der Waals surface area contributed by atoms with Crippen LogP contribution in [-0.4, -0.2) is 12.0 Å². The number of halogens is 2. The molecule has 0 amide bonds. The van der Waals surface area contributed by atoms with Crippen LogP contribution in [0.2, 0.25) is 0 Å². The van der Waals surface area contributed by atoms with E-state index in [1.165, 1.54) is 19.2 Å². The molecular formula is C14H12BrFN2O3. The summed E-state index contributed by atoms with van der Waals surface area (Å²) in [5.41, 5.74) is 1.35. The van der Waals surface area contributed by atoms with E-state index < -0.39 is 4.92 Å². The van der Waals surface area contributed by atoms with Gasteiger partial charge < -0.3 is 10.1 Å². The fraction of sp³-hybridized carbons (Fsp3) is 0.143. The second kappa shape index (κ2) is 6.53. The second-order valence-electron chi connectivity index (χ2n) is 4.25. The number of hydrogen-bond acceptors (Lipinski definition) is 4. The first-order valence-electron chi connectivity index (χ1n) is 6.01. The Bertz CT molecular complexity index is 679. The van der Waals surface area contributed by atoms with Crippen LogP contribution in [0.15, 0.2) is 40.9 Å². The van der Waals surface area contributed by atoms with E-state index >= 15 is 0 Å². The molecule has 0 spiro atoms. The SMILES string of the molecule is COc1ccc(CNc2ccc(F)c(Br)c2)cc1[N+](=O)[O-]. The second-order valence-corrected chi connectivity index (χ2v) is 5.10. The van der Waals surface area contributed by atoms with E-state index in [9.17, 15) is 14.5 Å². The lowest BCUT2D eigenvalue weighted by atomic mass is 10.2. The predicted molar refractivity (Wildman–Crippen MR) is 81.1 cm³/mol. The van der Waals surface area contributed by atoms with Crippen LogP contribution >= 0.6 is 15.9 Å². The topological polar surface area (TPSA) is 64.4 Å². The van der Waals surface area contributed by atoms with E-state index in [4.69, 9.17) is 4.74 Å². The Kier molecular flexibility index (Phi) is 4.74. The number of nitro groups is 1. The smallest absolute Gasteiger partial charge is 0.311 e. The Morgan fingerprint density at radius 2 is 2.10 bits per heavy atom. The van der Waals surface area contributed by atoms with Crippen LogP contribution in [0.1, 0.15) is 5.56 Å². The van der Waals surface area contributed by atoms with Crippen LogP contribution in [0.4, 0.5) is 15.8 Å². The molecule has 2 aromatic rings. The summed E-state index contributed by atoms with van der Waals surface area (Å²) < 4.78 is 18.4. The van der Waals surface area contributed by atoms with Gasteiger partial charge in [-0.05, 0) is 45.8 Å². The molecular weight excluding hydrogens is 343 g/mol. The lowest BCUT2D eigenvalue weighted by Crippen LogP contribution is -2.01. The average molecular weight is 355 g/mol. The number of hydrogen-bond donors (Lipinski definition) is 1. The fourth-order valence-corrected chi connectivity index (χ4v) is 2.18. The van der Waals surface area contributed by atoms with E-state index in [2.05, 4.69) is 21.2 Å². The van der Waals surface area contributed by atoms with Gasteiger partial charge in [0.05, 0.1) is 16.5 Å². The van der Waals surface area contributed by atoms with Crippen molar-refractivity contribution in [1.82, 2.24) is 0 Å². The molecule has 0 atom stereocenters. The zero-order valence-corrected chi connectivity index (χ0v) is 12.7. The van der Waals surface area contributed by atoms with Crippen molar-refractivity contribution < 1.29 is 14.1 Å². The summed E-state index contributed by atoms with van der Waals surface area (Å²) in [6.07, 6.45) is 0. The van der Waals surface area contributed by atoms with Gasteiger partial charge in [0.1, 0.15) is 5.82 Å². The highest BCUT2D eigenvalue weighted by molar-refractivity contribution is 9.10. The molecule has 110 valence electrons. The standard InChI is InChI=1S/C14H12BrFN2O3/c1-21-14-5-2-9(6-13(14)18(19)20)8-17-10-3-4-12(16)11(15)7-10/h2-7,17H,8H2,1H3. The molecule has 0 aliphatic rings. The molecule has 0 aromatic heterocycles. The molecule has 21 heavy (non-hydrogen) atoms. The van der Waals surface area contributed by atoms with Crippen LogP contribution in [0.5, 0.6) is 5.75 Å². The molecule has 0 saturated carbocycles. The molecule has 0 aliphatic heterocycles. The van der Waals surface area contributed by atoms with Gasteiger partial charge in [-0.2, -0.15) is 0 Å². The molecule has 0 heterocycles. The zero-order chi connectivity index (χ0) is 15.4. The Morgan fingerprint density at radius 3 is 2.71 bits per heavy atom. The number of nitro benzene ring substituents is 1. The molecule has 0 radical (unpaired) electrons. The third-order valence-electron chi connectivity index (χ3n) is 2.86. The molecule has 0 unspecified atom stereocenters. The van der Waals surface area contributed by atoms with E-state index in [0.29, 0.717) is 16.7 Å². The molecule has 1 N–H and O–H groups in total. The van der Waals surface area contributed by atoms with Gasteiger partial charge in [0.25, 0.3) is 0 Å². The first-order chi connectivity index (χ1) is 10.0. The molecule has 5 nitrogen and oxygen atoms in total. The highest BCUT2D eigenvalue weighted by Crippen LogP contribution is 2.28. The van der Waals surface area contributed by atoms with Gasteiger partial charge in [-0.3, -0.25) is 10.1 Å². The summed E-state index contributed by atoms with van der Waals surface area (Å²) in [6, 6.07) is 9.27. The van der Waals surface area contributed by atoms with Crippen molar-refractivity contribution in [3.8, 4) is 5.75 Å². The fourth-order valence-electron chi connectivity index (χ4n) is 1.80. The van der Waals surface area contributed by atoms with Crippen molar-refractivity contribution in [2.45, 2.75) is 6.54 Å². The largest absolute Gasteiger partial charge is 0.490 e. The third kappa shape index (κ3) is 3.69. The van der Waals surface area contributed by atoms with Crippen LogP contribution < -0.4 is 10.1 Å². The minimum absolute atomic E-state index is 0.0860. The summed E-state index contributed by atoms with van der Waals surface area (Å²) in [4.78, 5) is 10.5. The Labute approximate surface area is 129 Å². The maximum Gasteiger partial charge on any atom is 0.311 e. The number of ether oxygens (including phenoxy) is 1. The summed E-state index contributed by atoms with van der Waals surface area (Å²) in [5.74, 6) is -0.131. The molecule has 2 rings (SSSR count). The van der Waals surface area contributed by atoms with E-state index in [1.54, 1.807) is 24.3 Å². The Morgan fingerprint density at radius 1 is 1.33 bits per heavy atom. The summed E-state index contributed by atoms with van der Waals surface area (Å²) in [6.45, 7) is 0.378. The zero-order valence-electron chi connectivity index (χ0n) is 11.1. The molecule has 0 fully saturated rings. The van der Waals surface area contributed by atoms with Crippen molar-refractivity contribution >= 4 is 27.3 Å². The number of nitrogens with one attached hydrogen (secondary N) is 1. The number of rotatable bonds is 5. The molecule has 0 saturated heterocycles. The minimum atomic E-state index is -0.489. The number of anilines is 1. The van der Waals surface area contributed by atoms with Gasteiger partial charge in [0.15, 0.2) is 5.75 Å². The van der Waals surface area contributed by atoms with Gasteiger partial charge >= 0.3 is 5.69 Å². The van der Waals surface area contributed by atoms with Gasteiger partial charge in [-0.1, -0.05) is 6.07 Å². The normalized spacial score (nSPS) is 10.2. The number of benzene rings is 2. The monoisotopic (exact) mass is 354 g/mol. The highest BCUT2D eigenvalue weighted by atomic mass is 79.9. The molecule has 0 bridgehead atoms. The predicted octanol–water partition coefficient (Wildman–Crippen LogP) is 4.12. The first kappa shape index (κ1) is 15.2. The van der Waals surface area contributed by atoms with Crippen LogP contribution in [0, 0.1) is 15.9 Å². The van der Waals surface area contributed by atoms with Crippen LogP contribution in [-0.2, 0) is 6.54 Å². The first-order valence-corrected chi connectivity index (χ1v) is 6.81. The van der Waals surface area contributed by atoms with Gasteiger partial charge in [-0.15, -0.1) is 0 Å². The Hall–Kier alpha value is -2.15. The minimum Gasteiger partial charge on any atom is -0.490 e. The Balaban J connectivity index is 2.14. The van der Waals surface area contributed by atoms with Crippen LogP contribution in [0.3, 0.4) is 0 Å². The molecule has 7 heteroatoms. The van der Waals surface area contributed by atoms with Crippen molar-refractivity contribution in [1.29, 1.82) is 0 Å². The molecule has 0 aliphatic carbocycles. The van der Waals surface area contributed by atoms with Crippen molar-refractivity contribution in [2.75, 3.05) is 12.4 Å². The van der Waals surface area contributed by atoms with Crippen molar-refractivity contribution in [3.63, 3.8) is 0 Å². The third-order valence-corrected chi connectivity index (χ3v) is 3.46.